The maximum Gasteiger partial charge on any atom is 0.306 e. The number of ether oxygens (including phenoxy) is 1. The molecule has 0 aliphatic heterocycles. The number of nitrogen functional groups attached to an aromatic ring is 1. The van der Waals surface area contributed by atoms with E-state index in [1.165, 1.54) is 7.11 Å². The number of hydrogen-bond acceptors (Lipinski definition) is 5. The average Bonchev–Trinajstić information content (AvgIpc) is 2.97. The molecule has 7 nitrogen and oxygen atoms in total. The van der Waals surface area contributed by atoms with E-state index in [0.29, 0.717) is 11.0 Å². The summed E-state index contributed by atoms with van der Waals surface area (Å²) in [5, 5.41) is 0. The Labute approximate surface area is 131 Å². The van der Waals surface area contributed by atoms with Crippen molar-refractivity contribution in [3.05, 3.63) is 58.0 Å². The molecule has 0 spiro atoms. The van der Waals surface area contributed by atoms with Gasteiger partial charge in [0.05, 0.1) is 13.5 Å². The van der Waals surface area contributed by atoms with Gasteiger partial charge >= 0.3 is 5.97 Å². The fourth-order valence-electron chi connectivity index (χ4n) is 2.66. The topological polar surface area (TPSA) is 114 Å². The molecule has 0 fully saturated rings. The highest BCUT2D eigenvalue weighted by Crippen LogP contribution is 2.32. The lowest BCUT2D eigenvalue weighted by atomic mass is 9.89. The Kier molecular flexibility index (Phi) is 3.84. The number of aromatic nitrogens is 3. The van der Waals surface area contributed by atoms with Crippen molar-refractivity contribution < 1.29 is 9.53 Å². The molecule has 0 aliphatic rings. The molecule has 118 valence electrons. The van der Waals surface area contributed by atoms with Gasteiger partial charge in [0.25, 0.3) is 5.56 Å². The molecule has 0 bridgehead atoms. The van der Waals surface area contributed by atoms with Crippen LogP contribution < -0.4 is 11.3 Å². The number of hydrogen-bond donors (Lipinski definition) is 3. The number of H-pyrrole nitrogens is 2. The minimum atomic E-state index is -0.344. The molecule has 2 aromatic heterocycles. The normalized spacial score (nSPS) is 12.2. The van der Waals surface area contributed by atoms with E-state index in [9.17, 15) is 9.59 Å². The lowest BCUT2D eigenvalue weighted by molar-refractivity contribution is -0.140. The van der Waals surface area contributed by atoms with Crippen molar-refractivity contribution in [1.82, 2.24) is 15.0 Å². The zero-order valence-corrected chi connectivity index (χ0v) is 12.5. The Morgan fingerprint density at radius 2 is 2.09 bits per heavy atom. The summed E-state index contributed by atoms with van der Waals surface area (Å²) in [6.45, 7) is 0. The van der Waals surface area contributed by atoms with Gasteiger partial charge in [0.2, 0.25) is 5.95 Å². The number of aromatic amines is 2. The average molecular weight is 312 g/mol. The minimum absolute atomic E-state index is 0.0354. The second-order valence-corrected chi connectivity index (χ2v) is 5.16. The van der Waals surface area contributed by atoms with Crippen molar-refractivity contribution in [2.45, 2.75) is 12.3 Å². The first kappa shape index (κ1) is 14.8. The van der Waals surface area contributed by atoms with Crippen LogP contribution in [-0.4, -0.2) is 28.0 Å². The SMILES string of the molecule is COC(=O)CC(c1ccccc1)c1c[nH]c2c(=O)[nH]c(N)nc12. The maximum atomic E-state index is 12.0. The molecule has 1 unspecified atom stereocenters. The largest absolute Gasteiger partial charge is 0.469 e. The number of benzene rings is 1. The van der Waals surface area contributed by atoms with Crippen LogP contribution in [0.1, 0.15) is 23.5 Å². The Bertz CT molecular complexity index is 899. The smallest absolute Gasteiger partial charge is 0.306 e. The van der Waals surface area contributed by atoms with Crippen LogP contribution in [0.2, 0.25) is 0 Å². The summed E-state index contributed by atoms with van der Waals surface area (Å²) in [5.74, 6) is -0.592. The Balaban J connectivity index is 2.17. The van der Waals surface area contributed by atoms with E-state index < -0.39 is 0 Å². The highest BCUT2D eigenvalue weighted by atomic mass is 16.5. The highest BCUT2D eigenvalue weighted by molar-refractivity contribution is 5.81. The molecule has 0 radical (unpaired) electrons. The predicted octanol–water partition coefficient (Wildman–Crippen LogP) is 1.53. The van der Waals surface area contributed by atoms with Crippen molar-refractivity contribution in [3.63, 3.8) is 0 Å². The van der Waals surface area contributed by atoms with Crippen LogP contribution in [0.3, 0.4) is 0 Å². The van der Waals surface area contributed by atoms with Gasteiger partial charge in [0.1, 0.15) is 11.0 Å². The molecule has 4 N–H and O–H groups in total. The monoisotopic (exact) mass is 312 g/mol. The molecule has 0 aliphatic carbocycles. The van der Waals surface area contributed by atoms with Gasteiger partial charge in [-0.3, -0.25) is 14.6 Å². The molecule has 3 aromatic rings. The van der Waals surface area contributed by atoms with E-state index in [4.69, 9.17) is 10.5 Å². The first-order valence-electron chi connectivity index (χ1n) is 7.08. The van der Waals surface area contributed by atoms with Gasteiger partial charge in [-0.05, 0) is 5.56 Å². The Hall–Kier alpha value is -3.09. The molecular weight excluding hydrogens is 296 g/mol. The van der Waals surface area contributed by atoms with Gasteiger partial charge in [0.15, 0.2) is 0 Å². The van der Waals surface area contributed by atoms with Crippen LogP contribution in [0.4, 0.5) is 5.95 Å². The van der Waals surface area contributed by atoms with Gasteiger partial charge in [-0.1, -0.05) is 30.3 Å². The van der Waals surface area contributed by atoms with Crippen LogP contribution in [0, 0.1) is 0 Å². The summed E-state index contributed by atoms with van der Waals surface area (Å²) >= 11 is 0. The summed E-state index contributed by atoms with van der Waals surface area (Å²) in [6, 6.07) is 9.52. The summed E-state index contributed by atoms with van der Waals surface area (Å²) in [7, 11) is 1.35. The number of rotatable bonds is 4. The second kappa shape index (κ2) is 5.96. The van der Waals surface area contributed by atoms with Gasteiger partial charge in [-0.25, -0.2) is 4.98 Å². The number of carbonyl (C=O) groups excluding carboxylic acids is 1. The predicted molar refractivity (Wildman–Crippen MR) is 86.0 cm³/mol. The molecule has 1 atom stereocenters. The van der Waals surface area contributed by atoms with Gasteiger partial charge < -0.3 is 15.5 Å². The summed E-state index contributed by atoms with van der Waals surface area (Å²) in [6.07, 6.45) is 1.83. The van der Waals surface area contributed by atoms with Crippen LogP contribution in [0.15, 0.2) is 41.3 Å². The Morgan fingerprint density at radius 3 is 2.78 bits per heavy atom. The van der Waals surface area contributed by atoms with Gasteiger partial charge in [-0.15, -0.1) is 0 Å². The highest BCUT2D eigenvalue weighted by Gasteiger charge is 2.23. The van der Waals surface area contributed by atoms with Crippen LogP contribution >= 0.6 is 0 Å². The number of anilines is 1. The van der Waals surface area contributed by atoms with Gasteiger partial charge in [0, 0.05) is 17.7 Å². The third-order valence-corrected chi connectivity index (χ3v) is 3.76. The number of nitrogens with one attached hydrogen (secondary N) is 2. The molecule has 3 rings (SSSR count). The van der Waals surface area contributed by atoms with E-state index in [2.05, 4.69) is 15.0 Å². The molecule has 23 heavy (non-hydrogen) atoms. The van der Waals surface area contributed by atoms with Crippen molar-refractivity contribution >= 4 is 23.0 Å². The van der Waals surface area contributed by atoms with Crippen LogP contribution in [0.5, 0.6) is 0 Å². The van der Waals surface area contributed by atoms with Crippen molar-refractivity contribution in [1.29, 1.82) is 0 Å². The zero-order chi connectivity index (χ0) is 16.4. The van der Waals surface area contributed by atoms with E-state index >= 15 is 0 Å². The summed E-state index contributed by atoms with van der Waals surface area (Å²) in [4.78, 5) is 33.3. The fraction of sp³-hybridized carbons (Fsp3) is 0.188. The van der Waals surface area contributed by atoms with Crippen molar-refractivity contribution in [3.8, 4) is 0 Å². The second-order valence-electron chi connectivity index (χ2n) is 5.16. The molecule has 0 saturated heterocycles. The molecule has 1 aromatic carbocycles. The lowest BCUT2D eigenvalue weighted by Gasteiger charge is -2.15. The lowest BCUT2D eigenvalue weighted by Crippen LogP contribution is -2.13. The van der Waals surface area contributed by atoms with Crippen LogP contribution in [0.25, 0.3) is 11.0 Å². The molecule has 7 heteroatoms. The quantitative estimate of drug-likeness (QED) is 0.632. The fourth-order valence-corrected chi connectivity index (χ4v) is 2.66. The minimum Gasteiger partial charge on any atom is -0.469 e. The van der Waals surface area contributed by atoms with E-state index in [0.717, 1.165) is 11.1 Å². The number of methoxy groups -OCH3 is 1. The number of nitrogens with zero attached hydrogens (tertiary/aromatic N) is 1. The van der Waals surface area contributed by atoms with Crippen LogP contribution in [-0.2, 0) is 9.53 Å². The standard InChI is InChI=1S/C16H16N4O3/c1-23-12(21)7-10(9-5-3-2-4-6-9)11-8-18-14-13(11)19-16(17)20-15(14)22/h2-6,8,10,18H,7H2,1H3,(H3,17,19,20,22). The van der Waals surface area contributed by atoms with Crippen molar-refractivity contribution in [2.75, 3.05) is 12.8 Å². The first-order valence-corrected chi connectivity index (χ1v) is 7.08. The van der Waals surface area contributed by atoms with Gasteiger partial charge in [-0.2, -0.15) is 0 Å². The number of fused-ring (bicyclic) bond motifs is 1. The zero-order valence-electron chi connectivity index (χ0n) is 12.5. The van der Waals surface area contributed by atoms with E-state index in [1.54, 1.807) is 6.20 Å². The van der Waals surface area contributed by atoms with E-state index in [-0.39, 0.29) is 29.8 Å². The first-order chi connectivity index (χ1) is 11.1. The third-order valence-electron chi connectivity index (χ3n) is 3.76. The number of carbonyl (C=O) groups is 1. The third kappa shape index (κ3) is 2.80. The summed E-state index contributed by atoms with van der Waals surface area (Å²) in [5.41, 5.74) is 7.76. The maximum absolute atomic E-state index is 12.0. The number of nitrogens with two attached hydrogens (primary N) is 1. The Morgan fingerprint density at radius 1 is 1.35 bits per heavy atom. The molecule has 0 saturated carbocycles. The molecule has 2 heterocycles. The molecular formula is C16H16N4O3. The number of esters is 1. The molecule has 0 amide bonds. The van der Waals surface area contributed by atoms with E-state index in [1.807, 2.05) is 30.3 Å². The van der Waals surface area contributed by atoms with Crippen molar-refractivity contribution in [2.24, 2.45) is 0 Å². The summed E-state index contributed by atoms with van der Waals surface area (Å²) < 4.78 is 4.80.